The van der Waals surface area contributed by atoms with Gasteiger partial charge in [-0.2, -0.15) is 11.8 Å². The molecule has 6 heteroatoms. The van der Waals surface area contributed by atoms with Crippen molar-refractivity contribution in [3.05, 3.63) is 29.8 Å². The lowest BCUT2D eigenvalue weighted by Gasteiger charge is -2.05. The van der Waals surface area contributed by atoms with Crippen LogP contribution in [-0.4, -0.2) is 32.0 Å². The van der Waals surface area contributed by atoms with Crippen LogP contribution in [0.15, 0.2) is 29.2 Å². The molecular formula is C10H14N2O2S2. The summed E-state index contributed by atoms with van der Waals surface area (Å²) in [5.41, 5.74) is 5.75. The van der Waals surface area contributed by atoms with E-state index in [0.717, 1.165) is 0 Å². The number of nitrogen functional groups attached to an aromatic ring is 1. The Bertz CT molecular complexity index is 483. The van der Waals surface area contributed by atoms with E-state index in [4.69, 9.17) is 11.1 Å². The van der Waals surface area contributed by atoms with Gasteiger partial charge in [0.2, 0.25) is 0 Å². The van der Waals surface area contributed by atoms with E-state index in [1.165, 1.54) is 23.9 Å². The summed E-state index contributed by atoms with van der Waals surface area (Å²) in [5, 5.41) is 7.25. The monoisotopic (exact) mass is 258 g/mol. The minimum Gasteiger partial charge on any atom is -0.384 e. The van der Waals surface area contributed by atoms with Crippen molar-refractivity contribution in [2.45, 2.75) is 4.90 Å². The third-order valence-electron chi connectivity index (χ3n) is 2.06. The lowest BCUT2D eigenvalue weighted by Crippen LogP contribution is -2.13. The Labute approximate surface area is 99.7 Å². The second-order valence-corrected chi connectivity index (χ2v) is 6.35. The first-order chi connectivity index (χ1) is 7.47. The molecule has 0 bridgehead atoms. The van der Waals surface area contributed by atoms with Crippen molar-refractivity contribution >= 4 is 27.4 Å². The Morgan fingerprint density at radius 2 is 2.19 bits per heavy atom. The van der Waals surface area contributed by atoms with Crippen LogP contribution >= 0.6 is 11.8 Å². The van der Waals surface area contributed by atoms with E-state index in [1.54, 1.807) is 12.1 Å². The van der Waals surface area contributed by atoms with Gasteiger partial charge in [-0.1, -0.05) is 12.1 Å². The molecule has 0 aliphatic rings. The maximum atomic E-state index is 11.8. The van der Waals surface area contributed by atoms with Gasteiger partial charge < -0.3 is 5.73 Å². The molecule has 1 rings (SSSR count). The summed E-state index contributed by atoms with van der Waals surface area (Å²) in [6, 6.07) is 6.19. The van der Waals surface area contributed by atoms with Gasteiger partial charge in [-0.05, 0) is 18.4 Å². The molecule has 16 heavy (non-hydrogen) atoms. The molecule has 3 N–H and O–H groups in total. The van der Waals surface area contributed by atoms with Crippen molar-refractivity contribution in [2.75, 3.05) is 17.8 Å². The lowest BCUT2D eigenvalue weighted by atomic mass is 10.2. The number of thioether (sulfide) groups is 1. The van der Waals surface area contributed by atoms with Crippen molar-refractivity contribution in [2.24, 2.45) is 5.73 Å². The molecule has 0 aliphatic carbocycles. The minimum absolute atomic E-state index is 0.107. The van der Waals surface area contributed by atoms with Gasteiger partial charge in [-0.15, -0.1) is 0 Å². The maximum absolute atomic E-state index is 11.8. The van der Waals surface area contributed by atoms with Crippen LogP contribution in [0.1, 0.15) is 5.56 Å². The highest BCUT2D eigenvalue weighted by Gasteiger charge is 2.14. The van der Waals surface area contributed by atoms with Crippen LogP contribution in [-0.2, 0) is 9.84 Å². The number of amidine groups is 1. The molecule has 0 spiro atoms. The van der Waals surface area contributed by atoms with E-state index in [-0.39, 0.29) is 16.5 Å². The fourth-order valence-corrected chi connectivity index (χ4v) is 3.54. The molecule has 0 radical (unpaired) electrons. The zero-order valence-corrected chi connectivity index (χ0v) is 10.6. The average Bonchev–Trinajstić information content (AvgIpc) is 2.26. The Morgan fingerprint density at radius 3 is 2.75 bits per heavy atom. The van der Waals surface area contributed by atoms with Crippen molar-refractivity contribution in [1.82, 2.24) is 0 Å². The van der Waals surface area contributed by atoms with Gasteiger partial charge in [0.05, 0.1) is 10.6 Å². The zero-order valence-electron chi connectivity index (χ0n) is 8.93. The van der Waals surface area contributed by atoms with Crippen molar-refractivity contribution in [3.8, 4) is 0 Å². The smallest absolute Gasteiger partial charge is 0.179 e. The number of nitrogens with one attached hydrogen (secondary N) is 1. The van der Waals surface area contributed by atoms with Crippen LogP contribution in [0.3, 0.4) is 0 Å². The van der Waals surface area contributed by atoms with E-state index >= 15 is 0 Å². The van der Waals surface area contributed by atoms with Crippen LogP contribution in [0.5, 0.6) is 0 Å². The molecule has 1 aromatic rings. The Kier molecular flexibility index (Phi) is 4.37. The van der Waals surface area contributed by atoms with Crippen molar-refractivity contribution in [3.63, 3.8) is 0 Å². The van der Waals surface area contributed by atoms with E-state index in [0.29, 0.717) is 11.3 Å². The third-order valence-corrected chi connectivity index (χ3v) is 4.64. The number of benzene rings is 1. The Balaban J connectivity index is 3.04. The first-order valence-electron chi connectivity index (χ1n) is 4.63. The molecule has 0 aliphatic heterocycles. The van der Waals surface area contributed by atoms with E-state index in [2.05, 4.69) is 0 Å². The normalized spacial score (nSPS) is 11.3. The van der Waals surface area contributed by atoms with Gasteiger partial charge in [-0.3, -0.25) is 5.41 Å². The number of nitrogens with two attached hydrogens (primary N) is 1. The zero-order chi connectivity index (χ0) is 12.2. The van der Waals surface area contributed by atoms with Crippen LogP contribution < -0.4 is 5.73 Å². The fraction of sp³-hybridized carbons (Fsp3) is 0.300. The molecule has 0 amide bonds. The van der Waals surface area contributed by atoms with E-state index < -0.39 is 9.84 Å². The molecule has 88 valence electrons. The predicted octanol–water partition coefficient (Wildman–Crippen LogP) is 1.11. The highest BCUT2D eigenvalue weighted by molar-refractivity contribution is 8.00. The fourth-order valence-electron chi connectivity index (χ4n) is 1.17. The molecule has 0 unspecified atom stereocenters. The van der Waals surface area contributed by atoms with E-state index in [1.807, 2.05) is 6.26 Å². The molecule has 0 heterocycles. The summed E-state index contributed by atoms with van der Waals surface area (Å²) >= 11 is 1.49. The summed E-state index contributed by atoms with van der Waals surface area (Å²) in [7, 11) is -3.25. The lowest BCUT2D eigenvalue weighted by molar-refractivity contribution is 0.597. The minimum atomic E-state index is -3.25. The topological polar surface area (TPSA) is 84.0 Å². The summed E-state index contributed by atoms with van der Waals surface area (Å²) in [6.45, 7) is 0. The quantitative estimate of drug-likeness (QED) is 0.612. The number of hydrogen-bond acceptors (Lipinski definition) is 4. The average molecular weight is 258 g/mol. The second-order valence-electron chi connectivity index (χ2n) is 3.25. The number of rotatable bonds is 5. The van der Waals surface area contributed by atoms with Gasteiger partial charge in [0.15, 0.2) is 9.84 Å². The second kappa shape index (κ2) is 5.36. The molecule has 0 saturated heterocycles. The summed E-state index contributed by atoms with van der Waals surface area (Å²) in [4.78, 5) is 0.231. The SMILES string of the molecule is CSCCS(=O)(=O)c1cccc(C(=N)N)c1. The summed E-state index contributed by atoms with van der Waals surface area (Å²) < 4.78 is 23.7. The Morgan fingerprint density at radius 1 is 1.50 bits per heavy atom. The predicted molar refractivity (Wildman–Crippen MR) is 67.9 cm³/mol. The largest absolute Gasteiger partial charge is 0.384 e. The highest BCUT2D eigenvalue weighted by Crippen LogP contribution is 2.14. The van der Waals surface area contributed by atoms with Gasteiger partial charge >= 0.3 is 0 Å². The van der Waals surface area contributed by atoms with Gasteiger partial charge in [0.25, 0.3) is 0 Å². The molecule has 0 aromatic heterocycles. The van der Waals surface area contributed by atoms with Crippen molar-refractivity contribution < 1.29 is 8.42 Å². The molecule has 4 nitrogen and oxygen atoms in total. The van der Waals surface area contributed by atoms with Crippen LogP contribution in [0.2, 0.25) is 0 Å². The highest BCUT2D eigenvalue weighted by atomic mass is 32.2. The standard InChI is InChI=1S/C10H14N2O2S2/c1-15-5-6-16(13,14)9-4-2-3-8(7-9)10(11)12/h2-4,7H,5-6H2,1H3,(H3,11,12). The Hall–Kier alpha value is -1.01. The molecule has 0 atom stereocenters. The van der Waals surface area contributed by atoms with Crippen LogP contribution in [0.25, 0.3) is 0 Å². The first kappa shape index (κ1) is 13.1. The molecular weight excluding hydrogens is 244 g/mol. The number of hydrogen-bond donors (Lipinski definition) is 2. The van der Waals surface area contributed by atoms with Crippen LogP contribution in [0, 0.1) is 5.41 Å². The molecule has 1 aromatic carbocycles. The van der Waals surface area contributed by atoms with Gasteiger partial charge in [0, 0.05) is 11.3 Å². The van der Waals surface area contributed by atoms with E-state index in [9.17, 15) is 8.42 Å². The first-order valence-corrected chi connectivity index (χ1v) is 7.68. The third kappa shape index (κ3) is 3.24. The molecule has 0 fully saturated rings. The van der Waals surface area contributed by atoms with Gasteiger partial charge in [0.1, 0.15) is 5.84 Å². The number of sulfone groups is 1. The van der Waals surface area contributed by atoms with Crippen molar-refractivity contribution in [1.29, 1.82) is 5.41 Å². The molecule has 0 saturated carbocycles. The summed E-state index contributed by atoms with van der Waals surface area (Å²) in [6.07, 6.45) is 1.86. The maximum Gasteiger partial charge on any atom is 0.179 e. The van der Waals surface area contributed by atoms with Crippen LogP contribution in [0.4, 0.5) is 0 Å². The van der Waals surface area contributed by atoms with Gasteiger partial charge in [-0.25, -0.2) is 8.42 Å². The summed E-state index contributed by atoms with van der Waals surface area (Å²) in [5.74, 6) is 0.546.